The molecule has 0 aliphatic rings. The van der Waals surface area contributed by atoms with E-state index < -0.39 is 0 Å². The monoisotopic (exact) mass is 302 g/mol. The van der Waals surface area contributed by atoms with Gasteiger partial charge in [0, 0.05) is 19.4 Å². The zero-order valence-electron chi connectivity index (χ0n) is 11.8. The largest absolute Gasteiger partial charge is 0.329 e. The minimum atomic E-state index is -0.210. The van der Waals surface area contributed by atoms with Gasteiger partial charge in [0.15, 0.2) is 0 Å². The molecule has 6 heteroatoms. The zero-order chi connectivity index (χ0) is 15.0. The molecule has 0 aliphatic heterocycles. The Morgan fingerprint density at radius 1 is 1.24 bits per heavy atom. The van der Waals surface area contributed by atoms with Crippen LogP contribution in [0, 0.1) is 6.92 Å². The molecule has 0 saturated carbocycles. The molecule has 5 nitrogen and oxygen atoms in total. The molecule has 0 atom stereocenters. The minimum absolute atomic E-state index is 0.210. The molecule has 0 amide bonds. The van der Waals surface area contributed by atoms with Gasteiger partial charge in [0.25, 0.3) is 5.56 Å². The Bertz CT molecular complexity index is 829. The van der Waals surface area contributed by atoms with E-state index in [1.807, 2.05) is 55.1 Å². The standard InChI is InChI=1S/C15H15ClN4O/c1-11-17-8-9-19(11)10-13-14(16)15(21)20(18(13)2)12-6-4-3-5-7-12/h3-9H,10H2,1-2H3. The maximum absolute atomic E-state index is 12.4. The lowest BCUT2D eigenvalue weighted by Crippen LogP contribution is -2.20. The first kappa shape index (κ1) is 13.7. The molecule has 0 radical (unpaired) electrons. The summed E-state index contributed by atoms with van der Waals surface area (Å²) in [6.45, 7) is 2.43. The fourth-order valence-corrected chi connectivity index (χ4v) is 2.64. The van der Waals surface area contributed by atoms with Crippen molar-refractivity contribution in [3.63, 3.8) is 0 Å². The normalized spacial score (nSPS) is 11.0. The predicted molar refractivity (Wildman–Crippen MR) is 82.1 cm³/mol. The maximum Gasteiger partial charge on any atom is 0.290 e. The van der Waals surface area contributed by atoms with Gasteiger partial charge in [0.2, 0.25) is 0 Å². The number of benzene rings is 1. The molecule has 0 fully saturated rings. The predicted octanol–water partition coefficient (Wildman–Crippen LogP) is 2.38. The van der Waals surface area contributed by atoms with Crippen LogP contribution in [0.2, 0.25) is 5.02 Å². The van der Waals surface area contributed by atoms with Crippen LogP contribution in [-0.2, 0) is 13.6 Å². The van der Waals surface area contributed by atoms with Crippen LogP contribution >= 0.6 is 11.6 Å². The number of para-hydroxylation sites is 1. The van der Waals surface area contributed by atoms with Crippen LogP contribution in [0.1, 0.15) is 11.5 Å². The van der Waals surface area contributed by atoms with Crippen molar-refractivity contribution in [2.75, 3.05) is 0 Å². The van der Waals surface area contributed by atoms with Gasteiger partial charge in [-0.3, -0.25) is 9.48 Å². The summed E-state index contributed by atoms with van der Waals surface area (Å²) in [5.74, 6) is 0.881. The highest BCUT2D eigenvalue weighted by atomic mass is 35.5. The van der Waals surface area contributed by atoms with Gasteiger partial charge >= 0.3 is 0 Å². The van der Waals surface area contributed by atoms with Gasteiger partial charge in [-0.25, -0.2) is 9.67 Å². The maximum atomic E-state index is 12.4. The first-order chi connectivity index (χ1) is 10.1. The van der Waals surface area contributed by atoms with E-state index in [4.69, 9.17) is 11.6 Å². The van der Waals surface area contributed by atoms with Crippen LogP contribution in [0.3, 0.4) is 0 Å². The zero-order valence-corrected chi connectivity index (χ0v) is 12.6. The summed E-state index contributed by atoms with van der Waals surface area (Å²) in [4.78, 5) is 16.6. The molecule has 2 aromatic heterocycles. The van der Waals surface area contributed by atoms with Crippen LogP contribution in [0.5, 0.6) is 0 Å². The molecule has 3 rings (SSSR count). The second kappa shape index (κ2) is 5.26. The van der Waals surface area contributed by atoms with Gasteiger partial charge < -0.3 is 4.57 Å². The van der Waals surface area contributed by atoms with Gasteiger partial charge in [0.05, 0.1) is 17.9 Å². The van der Waals surface area contributed by atoms with Gasteiger partial charge in [-0.05, 0) is 19.1 Å². The Hall–Kier alpha value is -2.27. The quantitative estimate of drug-likeness (QED) is 0.745. The molecular formula is C15H15ClN4O. The third-order valence-electron chi connectivity index (χ3n) is 3.57. The SMILES string of the molecule is Cc1nccn1Cc1c(Cl)c(=O)n(-c2ccccc2)n1C. The van der Waals surface area contributed by atoms with Crippen molar-refractivity contribution in [3.05, 3.63) is 69.6 Å². The van der Waals surface area contributed by atoms with Crippen LogP contribution in [0.25, 0.3) is 5.69 Å². The average molecular weight is 303 g/mol. The van der Waals surface area contributed by atoms with Crippen molar-refractivity contribution in [3.8, 4) is 5.69 Å². The fraction of sp³-hybridized carbons (Fsp3) is 0.200. The lowest BCUT2D eigenvalue weighted by atomic mass is 10.3. The summed E-state index contributed by atoms with van der Waals surface area (Å²) in [5, 5.41) is 0.245. The van der Waals surface area contributed by atoms with E-state index >= 15 is 0 Å². The van der Waals surface area contributed by atoms with Crippen molar-refractivity contribution < 1.29 is 0 Å². The van der Waals surface area contributed by atoms with Gasteiger partial charge in [-0.2, -0.15) is 0 Å². The molecule has 0 saturated heterocycles. The van der Waals surface area contributed by atoms with E-state index in [-0.39, 0.29) is 10.6 Å². The summed E-state index contributed by atoms with van der Waals surface area (Å²) in [6.07, 6.45) is 3.60. The van der Waals surface area contributed by atoms with E-state index in [9.17, 15) is 4.79 Å². The van der Waals surface area contributed by atoms with E-state index in [2.05, 4.69) is 4.98 Å². The highest BCUT2D eigenvalue weighted by Gasteiger charge is 2.17. The number of hydrogen-bond donors (Lipinski definition) is 0. The van der Waals surface area contributed by atoms with E-state index in [1.165, 1.54) is 0 Å². The number of aromatic nitrogens is 4. The molecule has 2 heterocycles. The number of nitrogens with zero attached hydrogens (tertiary/aromatic N) is 4. The van der Waals surface area contributed by atoms with E-state index in [0.717, 1.165) is 17.2 Å². The Morgan fingerprint density at radius 2 is 1.95 bits per heavy atom. The summed E-state index contributed by atoms with van der Waals surface area (Å²) in [6, 6.07) is 9.45. The van der Waals surface area contributed by atoms with Crippen molar-refractivity contribution >= 4 is 11.6 Å². The van der Waals surface area contributed by atoms with Gasteiger partial charge in [0.1, 0.15) is 10.8 Å². The number of hydrogen-bond acceptors (Lipinski definition) is 2. The minimum Gasteiger partial charge on any atom is -0.329 e. The number of halogens is 1. The number of rotatable bonds is 3. The van der Waals surface area contributed by atoms with E-state index in [0.29, 0.717) is 6.54 Å². The fourth-order valence-electron chi connectivity index (χ4n) is 2.38. The third-order valence-corrected chi connectivity index (χ3v) is 3.95. The molecule has 108 valence electrons. The summed E-state index contributed by atoms with van der Waals surface area (Å²) in [5.41, 5.74) is 1.34. The lowest BCUT2D eigenvalue weighted by Gasteiger charge is -2.11. The summed E-state index contributed by atoms with van der Waals surface area (Å²) in [7, 11) is 1.84. The van der Waals surface area contributed by atoms with Crippen LogP contribution in [0.4, 0.5) is 0 Å². The van der Waals surface area contributed by atoms with Crippen LogP contribution < -0.4 is 5.56 Å². The summed E-state index contributed by atoms with van der Waals surface area (Å²) >= 11 is 6.25. The smallest absolute Gasteiger partial charge is 0.290 e. The third kappa shape index (κ3) is 2.29. The lowest BCUT2D eigenvalue weighted by molar-refractivity contribution is 0.593. The van der Waals surface area contributed by atoms with E-state index in [1.54, 1.807) is 15.6 Å². The topological polar surface area (TPSA) is 44.8 Å². The molecule has 0 bridgehead atoms. The second-order valence-corrected chi connectivity index (χ2v) is 5.22. The highest BCUT2D eigenvalue weighted by Crippen LogP contribution is 2.16. The van der Waals surface area contributed by atoms with Crippen molar-refractivity contribution in [2.45, 2.75) is 13.5 Å². The highest BCUT2D eigenvalue weighted by molar-refractivity contribution is 6.31. The Balaban J connectivity index is 2.12. The average Bonchev–Trinajstić information content (AvgIpc) is 2.98. The molecule has 0 N–H and O–H groups in total. The molecule has 0 aliphatic carbocycles. The second-order valence-electron chi connectivity index (χ2n) is 4.84. The van der Waals surface area contributed by atoms with Gasteiger partial charge in [-0.1, -0.05) is 29.8 Å². The Kier molecular flexibility index (Phi) is 3.43. The Morgan fingerprint density at radius 3 is 2.57 bits per heavy atom. The van der Waals surface area contributed by atoms with Crippen molar-refractivity contribution in [2.24, 2.45) is 7.05 Å². The molecular weight excluding hydrogens is 288 g/mol. The van der Waals surface area contributed by atoms with Crippen molar-refractivity contribution in [1.82, 2.24) is 18.9 Å². The molecule has 21 heavy (non-hydrogen) atoms. The number of aryl methyl sites for hydroxylation is 1. The molecule has 3 aromatic rings. The van der Waals surface area contributed by atoms with Crippen molar-refractivity contribution in [1.29, 1.82) is 0 Å². The molecule has 0 unspecified atom stereocenters. The van der Waals surface area contributed by atoms with Crippen LogP contribution in [0.15, 0.2) is 47.5 Å². The van der Waals surface area contributed by atoms with Gasteiger partial charge in [-0.15, -0.1) is 0 Å². The number of imidazole rings is 1. The first-order valence-electron chi connectivity index (χ1n) is 6.59. The Labute approximate surface area is 127 Å². The molecule has 1 aromatic carbocycles. The first-order valence-corrected chi connectivity index (χ1v) is 6.97. The van der Waals surface area contributed by atoms with Crippen LogP contribution in [-0.4, -0.2) is 18.9 Å². The molecule has 0 spiro atoms. The summed E-state index contributed by atoms with van der Waals surface area (Å²) < 4.78 is 5.32.